The van der Waals surface area contributed by atoms with Crippen LogP contribution in [0.5, 0.6) is 0 Å². The Balaban J connectivity index is 1.68. The van der Waals surface area contributed by atoms with Gasteiger partial charge < -0.3 is 15.4 Å². The lowest BCUT2D eigenvalue weighted by Crippen LogP contribution is -2.55. The third kappa shape index (κ3) is 6.01. The third-order valence-electron chi connectivity index (χ3n) is 6.68. The average Bonchev–Trinajstić information content (AvgIpc) is 3.28. The van der Waals surface area contributed by atoms with Crippen molar-refractivity contribution in [1.82, 2.24) is 10.6 Å². The molecular weight excluding hydrogens is 396 g/mol. The summed E-state index contributed by atoms with van der Waals surface area (Å²) in [6, 6.07) is 9.56. The quantitative estimate of drug-likeness (QED) is 0.522. The van der Waals surface area contributed by atoms with Gasteiger partial charge in [0.1, 0.15) is 6.04 Å². The average molecular weight is 433 g/mol. The highest BCUT2D eigenvalue weighted by Crippen LogP contribution is 2.39. The second-order valence-electron chi connectivity index (χ2n) is 8.80. The van der Waals surface area contributed by atoms with Crippen molar-refractivity contribution < 1.29 is 14.3 Å². The Hall–Kier alpha value is -1.53. The molecule has 2 N–H and O–H groups in total. The molecule has 2 aliphatic carbocycles. The number of benzene rings is 1. The predicted molar refractivity (Wildman–Crippen MR) is 123 cm³/mol. The Morgan fingerprint density at radius 3 is 2.40 bits per heavy atom. The van der Waals surface area contributed by atoms with Gasteiger partial charge in [-0.05, 0) is 51.0 Å². The van der Waals surface area contributed by atoms with Gasteiger partial charge in [-0.15, -0.1) is 0 Å². The van der Waals surface area contributed by atoms with E-state index in [1.54, 1.807) is 0 Å². The van der Waals surface area contributed by atoms with Crippen molar-refractivity contribution in [2.24, 2.45) is 5.41 Å². The molecule has 2 amide bonds. The molecule has 0 unspecified atom stereocenters. The fraction of sp³-hybridized carbons (Fsp3) is 0.667. The molecule has 0 bridgehead atoms. The van der Waals surface area contributed by atoms with Crippen LogP contribution >= 0.6 is 12.6 Å². The highest BCUT2D eigenvalue weighted by atomic mass is 32.1. The first kappa shape index (κ1) is 23.1. The molecule has 0 aliphatic heterocycles. The van der Waals surface area contributed by atoms with Crippen LogP contribution < -0.4 is 10.6 Å². The van der Waals surface area contributed by atoms with E-state index in [9.17, 15) is 9.59 Å². The zero-order valence-electron chi connectivity index (χ0n) is 18.1. The number of carbonyl (C=O) groups is 2. The number of thiol groups is 1. The maximum atomic E-state index is 13.4. The summed E-state index contributed by atoms with van der Waals surface area (Å²) in [5.74, 6) is 0.367. The fourth-order valence-corrected chi connectivity index (χ4v) is 5.21. The molecule has 6 heteroatoms. The summed E-state index contributed by atoms with van der Waals surface area (Å²) in [4.78, 5) is 26.5. The third-order valence-corrected chi connectivity index (χ3v) is 7.29. The van der Waals surface area contributed by atoms with E-state index < -0.39 is 11.5 Å². The summed E-state index contributed by atoms with van der Waals surface area (Å²) in [6.07, 6.45) is 8.30. The maximum Gasteiger partial charge on any atom is 0.243 e. The molecule has 0 spiro atoms. The number of hydrogen-bond donors (Lipinski definition) is 3. The molecule has 3 rings (SSSR count). The number of amides is 2. The van der Waals surface area contributed by atoms with E-state index in [4.69, 9.17) is 4.74 Å². The van der Waals surface area contributed by atoms with Crippen molar-refractivity contribution in [2.75, 3.05) is 12.4 Å². The van der Waals surface area contributed by atoms with Crippen molar-refractivity contribution >= 4 is 24.4 Å². The highest BCUT2D eigenvalue weighted by Gasteiger charge is 2.42. The summed E-state index contributed by atoms with van der Waals surface area (Å²) in [5, 5.41) is 6.28. The maximum absolute atomic E-state index is 13.4. The van der Waals surface area contributed by atoms with Crippen LogP contribution in [0, 0.1) is 5.41 Å². The van der Waals surface area contributed by atoms with Gasteiger partial charge in [0.15, 0.2) is 0 Å². The van der Waals surface area contributed by atoms with E-state index in [2.05, 4.69) is 23.3 Å². The van der Waals surface area contributed by atoms with Gasteiger partial charge >= 0.3 is 0 Å². The summed E-state index contributed by atoms with van der Waals surface area (Å²) < 4.78 is 5.75. The van der Waals surface area contributed by atoms with Gasteiger partial charge in [-0.25, -0.2) is 0 Å². The van der Waals surface area contributed by atoms with E-state index in [1.165, 1.54) is 0 Å². The zero-order valence-corrected chi connectivity index (χ0v) is 19.0. The van der Waals surface area contributed by atoms with Crippen LogP contribution in [0.1, 0.15) is 63.9 Å². The minimum absolute atomic E-state index is 0.0463. The van der Waals surface area contributed by atoms with E-state index >= 15 is 0 Å². The first-order valence-electron chi connectivity index (χ1n) is 11.4. The van der Waals surface area contributed by atoms with Crippen molar-refractivity contribution in [3.63, 3.8) is 0 Å². The van der Waals surface area contributed by atoms with Crippen LogP contribution in [0.15, 0.2) is 30.3 Å². The summed E-state index contributed by atoms with van der Waals surface area (Å²) >= 11 is 4.54. The molecule has 1 aromatic carbocycles. The molecule has 1 atom stereocenters. The van der Waals surface area contributed by atoms with Crippen LogP contribution in [0.3, 0.4) is 0 Å². The largest absolute Gasteiger partial charge is 0.379 e. The normalized spacial score (nSPS) is 25.6. The standard InChI is InChI=1S/C24H36N2O3S/c1-2-29-20-12-14-24(17-30,15-13-20)23(28)26-21(16-18-8-4-3-5-9-18)22(27)25-19-10-6-7-11-19/h3-5,8-9,19-21,30H,2,6-7,10-17H2,1H3,(H,25,27)(H,26,28)/t20-,21-,24+/m0/s1. The van der Waals surface area contributed by atoms with Crippen molar-refractivity contribution in [3.05, 3.63) is 35.9 Å². The number of nitrogens with one attached hydrogen (secondary N) is 2. The molecule has 2 saturated carbocycles. The summed E-state index contributed by atoms with van der Waals surface area (Å²) in [5.41, 5.74) is 0.517. The molecule has 0 aromatic heterocycles. The second kappa shape index (κ2) is 11.2. The van der Waals surface area contributed by atoms with Gasteiger partial charge in [0.25, 0.3) is 0 Å². The lowest BCUT2D eigenvalue weighted by molar-refractivity contribution is -0.137. The van der Waals surface area contributed by atoms with Gasteiger partial charge in [0.2, 0.25) is 11.8 Å². The van der Waals surface area contributed by atoms with E-state index in [0.717, 1.165) is 56.9 Å². The van der Waals surface area contributed by atoms with Gasteiger partial charge in [0.05, 0.1) is 11.5 Å². The lowest BCUT2D eigenvalue weighted by atomic mass is 9.73. The second-order valence-corrected chi connectivity index (χ2v) is 9.12. The minimum Gasteiger partial charge on any atom is -0.379 e. The van der Waals surface area contributed by atoms with Crippen LogP contribution in [-0.2, 0) is 20.7 Å². The van der Waals surface area contributed by atoms with E-state index in [-0.39, 0.29) is 24.0 Å². The van der Waals surface area contributed by atoms with E-state index in [1.807, 2.05) is 37.3 Å². The van der Waals surface area contributed by atoms with Crippen molar-refractivity contribution in [3.8, 4) is 0 Å². The van der Waals surface area contributed by atoms with Crippen LogP contribution in [0.25, 0.3) is 0 Å². The zero-order chi connectivity index (χ0) is 21.4. The summed E-state index contributed by atoms with van der Waals surface area (Å²) in [6.45, 7) is 2.70. The van der Waals surface area contributed by atoms with Gasteiger partial charge in [-0.3, -0.25) is 9.59 Å². The first-order chi connectivity index (χ1) is 14.6. The number of carbonyl (C=O) groups excluding carboxylic acids is 2. The van der Waals surface area contributed by atoms with Crippen LogP contribution in [0.2, 0.25) is 0 Å². The number of rotatable bonds is 9. The monoisotopic (exact) mass is 432 g/mol. The molecular formula is C24H36N2O3S. The Labute approximate surface area is 186 Å². The number of ether oxygens (including phenoxy) is 1. The molecule has 5 nitrogen and oxygen atoms in total. The van der Waals surface area contributed by atoms with Crippen molar-refractivity contribution in [2.45, 2.75) is 82.9 Å². The first-order valence-corrected chi connectivity index (χ1v) is 12.1. The highest BCUT2D eigenvalue weighted by molar-refractivity contribution is 7.80. The van der Waals surface area contributed by atoms with Gasteiger partial charge in [-0.2, -0.15) is 12.6 Å². The molecule has 0 saturated heterocycles. The van der Waals surface area contributed by atoms with E-state index in [0.29, 0.717) is 18.8 Å². The Bertz CT molecular complexity index is 683. The fourth-order valence-electron chi connectivity index (χ4n) is 4.75. The molecule has 166 valence electrons. The topological polar surface area (TPSA) is 67.4 Å². The smallest absolute Gasteiger partial charge is 0.243 e. The van der Waals surface area contributed by atoms with Gasteiger partial charge in [0, 0.05) is 24.8 Å². The van der Waals surface area contributed by atoms with Crippen LogP contribution in [-0.4, -0.2) is 42.4 Å². The molecule has 2 fully saturated rings. The molecule has 0 radical (unpaired) electrons. The molecule has 30 heavy (non-hydrogen) atoms. The summed E-state index contributed by atoms with van der Waals surface area (Å²) in [7, 11) is 0. The number of hydrogen-bond acceptors (Lipinski definition) is 4. The lowest BCUT2D eigenvalue weighted by Gasteiger charge is -2.38. The van der Waals surface area contributed by atoms with Crippen LogP contribution in [0.4, 0.5) is 0 Å². The molecule has 0 heterocycles. The SMILES string of the molecule is CCO[C@H]1CC[C@@](CS)(C(=O)N[C@@H](Cc2ccccc2)C(=O)NC2CCCC2)CC1. The van der Waals surface area contributed by atoms with Crippen molar-refractivity contribution in [1.29, 1.82) is 0 Å². The predicted octanol–water partition coefficient (Wildman–Crippen LogP) is 3.67. The Kier molecular flexibility index (Phi) is 8.63. The Morgan fingerprint density at radius 2 is 1.80 bits per heavy atom. The molecule has 1 aromatic rings. The minimum atomic E-state index is -0.568. The Morgan fingerprint density at radius 1 is 1.13 bits per heavy atom. The van der Waals surface area contributed by atoms with Gasteiger partial charge in [-0.1, -0.05) is 43.2 Å². The molecule has 2 aliphatic rings.